The Morgan fingerprint density at radius 3 is 2.74 bits per heavy atom. The van der Waals surface area contributed by atoms with Crippen molar-refractivity contribution in [1.29, 1.82) is 0 Å². The third-order valence-corrected chi connectivity index (χ3v) is 8.51. The Morgan fingerprint density at radius 2 is 2.00 bits per heavy atom. The Kier molecular flexibility index (Phi) is 7.78. The second-order valence-corrected chi connectivity index (χ2v) is 11.4. The van der Waals surface area contributed by atoms with E-state index < -0.39 is 15.9 Å². The molecule has 9 nitrogen and oxygen atoms in total. The summed E-state index contributed by atoms with van der Waals surface area (Å²) in [5.74, 6) is 0.182. The summed E-state index contributed by atoms with van der Waals surface area (Å²) in [4.78, 5) is 21.8. The molecule has 0 saturated carbocycles. The van der Waals surface area contributed by atoms with Crippen molar-refractivity contribution in [1.82, 2.24) is 15.3 Å². The SMILES string of the molecule is CCCS(=O)(=O)Nc1ccc(Cl)c(NC(=O)c2csc3c(NC4CCNCC4)ncnc23)c1Cl. The smallest absolute Gasteiger partial charge is 0.258 e. The summed E-state index contributed by atoms with van der Waals surface area (Å²) in [6, 6.07) is 3.23. The Morgan fingerprint density at radius 1 is 1.24 bits per heavy atom. The van der Waals surface area contributed by atoms with Gasteiger partial charge < -0.3 is 16.0 Å². The van der Waals surface area contributed by atoms with Gasteiger partial charge in [0.25, 0.3) is 5.91 Å². The number of thiophene rings is 1. The predicted octanol–water partition coefficient (Wildman–Crippen LogP) is 4.57. The van der Waals surface area contributed by atoms with E-state index in [2.05, 4.69) is 30.6 Å². The van der Waals surface area contributed by atoms with Crippen LogP contribution in [0.25, 0.3) is 10.2 Å². The lowest BCUT2D eigenvalue weighted by molar-refractivity contribution is 0.102. The summed E-state index contributed by atoms with van der Waals surface area (Å²) in [6.07, 6.45) is 3.85. The maximum atomic E-state index is 13.1. The molecule has 4 N–H and O–H groups in total. The number of amides is 1. The number of carbonyl (C=O) groups excluding carboxylic acids is 1. The van der Waals surface area contributed by atoms with Gasteiger partial charge in [0.1, 0.15) is 12.1 Å². The molecule has 0 atom stereocenters. The average molecular weight is 544 g/mol. The van der Waals surface area contributed by atoms with E-state index in [1.807, 2.05) is 0 Å². The lowest BCUT2D eigenvalue weighted by Gasteiger charge is -2.24. The number of anilines is 3. The molecule has 2 aromatic heterocycles. The maximum Gasteiger partial charge on any atom is 0.258 e. The molecule has 182 valence electrons. The van der Waals surface area contributed by atoms with Gasteiger partial charge in [0.15, 0.2) is 0 Å². The number of rotatable bonds is 8. The molecule has 1 saturated heterocycles. The van der Waals surface area contributed by atoms with Crippen LogP contribution < -0.4 is 20.7 Å². The second-order valence-electron chi connectivity index (χ2n) is 7.88. The van der Waals surface area contributed by atoms with Crippen LogP contribution in [0.5, 0.6) is 0 Å². The van der Waals surface area contributed by atoms with Crippen molar-refractivity contribution in [3.8, 4) is 0 Å². The number of fused-ring (bicyclic) bond motifs is 1. The van der Waals surface area contributed by atoms with E-state index in [4.69, 9.17) is 23.2 Å². The average Bonchev–Trinajstić information content (AvgIpc) is 3.24. The largest absolute Gasteiger partial charge is 0.366 e. The lowest BCUT2D eigenvalue weighted by atomic mass is 10.1. The summed E-state index contributed by atoms with van der Waals surface area (Å²) in [5, 5.41) is 11.4. The zero-order valence-electron chi connectivity index (χ0n) is 18.3. The molecule has 0 radical (unpaired) electrons. The van der Waals surface area contributed by atoms with Gasteiger partial charge in [-0.25, -0.2) is 18.4 Å². The number of sulfonamides is 1. The first kappa shape index (κ1) is 24.9. The van der Waals surface area contributed by atoms with Gasteiger partial charge in [-0.3, -0.25) is 9.52 Å². The molecule has 1 fully saturated rings. The van der Waals surface area contributed by atoms with E-state index in [1.54, 1.807) is 12.3 Å². The number of halogens is 2. The van der Waals surface area contributed by atoms with Gasteiger partial charge in [-0.05, 0) is 44.5 Å². The molecule has 1 aliphatic rings. The molecule has 0 bridgehead atoms. The molecular weight excluding hydrogens is 519 g/mol. The molecule has 1 amide bonds. The predicted molar refractivity (Wildman–Crippen MR) is 139 cm³/mol. The number of hydrogen-bond acceptors (Lipinski definition) is 8. The first-order valence-electron chi connectivity index (χ1n) is 10.8. The summed E-state index contributed by atoms with van der Waals surface area (Å²) in [5.41, 5.74) is 1.12. The quantitative estimate of drug-likeness (QED) is 0.328. The van der Waals surface area contributed by atoms with Crippen LogP contribution in [-0.2, 0) is 10.0 Å². The summed E-state index contributed by atoms with van der Waals surface area (Å²) in [6.45, 7) is 3.65. The van der Waals surface area contributed by atoms with Crippen molar-refractivity contribution in [2.75, 3.05) is 34.2 Å². The standard InChI is InChI=1S/C21H24Cl2N6O3S2/c1-2-9-34(31,32)29-15-4-3-14(22)18(16(15)23)28-21(30)13-10-33-19-17(13)25-11-26-20(19)27-12-5-7-24-8-6-12/h3-4,10-12,24,29H,2,5-9H2,1H3,(H,28,30)(H,25,26,27). The van der Waals surface area contributed by atoms with Gasteiger partial charge in [-0.2, -0.15) is 0 Å². The van der Waals surface area contributed by atoms with E-state index in [-0.39, 0.29) is 27.2 Å². The third kappa shape index (κ3) is 5.55. The summed E-state index contributed by atoms with van der Waals surface area (Å²) in [7, 11) is -3.57. The van der Waals surface area contributed by atoms with Crippen LogP contribution in [0.1, 0.15) is 36.5 Å². The highest BCUT2D eigenvalue weighted by atomic mass is 35.5. The fourth-order valence-corrected chi connectivity index (χ4v) is 6.35. The maximum absolute atomic E-state index is 13.1. The van der Waals surface area contributed by atoms with Gasteiger partial charge in [-0.15, -0.1) is 11.3 Å². The second kappa shape index (κ2) is 10.6. The van der Waals surface area contributed by atoms with E-state index in [0.29, 0.717) is 29.4 Å². The van der Waals surface area contributed by atoms with Crippen molar-refractivity contribution in [2.24, 2.45) is 0 Å². The minimum atomic E-state index is -3.57. The number of nitrogens with one attached hydrogen (secondary N) is 4. The normalized spacial score (nSPS) is 14.8. The number of aromatic nitrogens is 2. The number of benzene rings is 1. The van der Waals surface area contributed by atoms with Crippen LogP contribution in [0.4, 0.5) is 17.2 Å². The first-order valence-corrected chi connectivity index (χ1v) is 14.1. The number of piperidine rings is 1. The van der Waals surface area contributed by atoms with Gasteiger partial charge in [0.05, 0.1) is 43.0 Å². The topological polar surface area (TPSA) is 125 Å². The molecule has 13 heteroatoms. The van der Waals surface area contributed by atoms with Crippen LogP contribution >= 0.6 is 34.5 Å². The fraction of sp³-hybridized carbons (Fsp3) is 0.381. The van der Waals surface area contributed by atoms with Crippen molar-refractivity contribution in [3.63, 3.8) is 0 Å². The van der Waals surface area contributed by atoms with E-state index in [1.165, 1.54) is 29.8 Å². The molecule has 0 spiro atoms. The van der Waals surface area contributed by atoms with Gasteiger partial charge >= 0.3 is 0 Å². The summed E-state index contributed by atoms with van der Waals surface area (Å²) < 4.78 is 27.6. The highest BCUT2D eigenvalue weighted by Crippen LogP contribution is 2.38. The van der Waals surface area contributed by atoms with E-state index >= 15 is 0 Å². The molecule has 34 heavy (non-hydrogen) atoms. The molecule has 1 aromatic carbocycles. The zero-order valence-corrected chi connectivity index (χ0v) is 21.5. The molecule has 1 aliphatic heterocycles. The van der Waals surface area contributed by atoms with Gasteiger partial charge in [-0.1, -0.05) is 30.1 Å². The monoisotopic (exact) mass is 542 g/mol. The summed E-state index contributed by atoms with van der Waals surface area (Å²) >= 11 is 14.1. The Balaban J connectivity index is 1.59. The molecule has 3 aromatic rings. The minimum Gasteiger partial charge on any atom is -0.366 e. The number of hydrogen-bond donors (Lipinski definition) is 4. The van der Waals surface area contributed by atoms with E-state index in [0.717, 1.165) is 30.6 Å². The van der Waals surface area contributed by atoms with Crippen LogP contribution in [0.15, 0.2) is 23.8 Å². The Bertz CT molecular complexity index is 1310. The Hall–Kier alpha value is -2.18. The lowest BCUT2D eigenvalue weighted by Crippen LogP contribution is -2.35. The van der Waals surface area contributed by atoms with Crippen LogP contribution in [0.2, 0.25) is 10.0 Å². The van der Waals surface area contributed by atoms with Crippen molar-refractivity contribution >= 4 is 77.9 Å². The van der Waals surface area contributed by atoms with Gasteiger partial charge in [0.2, 0.25) is 10.0 Å². The van der Waals surface area contributed by atoms with Gasteiger partial charge in [0, 0.05) is 11.4 Å². The van der Waals surface area contributed by atoms with Crippen molar-refractivity contribution < 1.29 is 13.2 Å². The number of nitrogens with zero attached hydrogens (tertiary/aromatic N) is 2. The molecular formula is C21H24Cl2N6O3S2. The van der Waals surface area contributed by atoms with Crippen LogP contribution in [-0.4, -0.2) is 49.2 Å². The highest BCUT2D eigenvalue weighted by Gasteiger charge is 2.22. The first-order chi connectivity index (χ1) is 16.3. The van der Waals surface area contributed by atoms with Crippen molar-refractivity contribution in [2.45, 2.75) is 32.2 Å². The van der Waals surface area contributed by atoms with Crippen LogP contribution in [0, 0.1) is 0 Å². The third-order valence-electron chi connectivity index (χ3n) is 5.35. The molecule has 0 aliphatic carbocycles. The fourth-order valence-electron chi connectivity index (χ4n) is 3.69. The highest BCUT2D eigenvalue weighted by molar-refractivity contribution is 7.92. The Labute approximate surface area is 211 Å². The van der Waals surface area contributed by atoms with Crippen molar-refractivity contribution in [3.05, 3.63) is 39.4 Å². The van der Waals surface area contributed by atoms with Crippen LogP contribution in [0.3, 0.4) is 0 Å². The molecule has 4 rings (SSSR count). The molecule has 3 heterocycles. The zero-order chi connectivity index (χ0) is 24.3. The molecule has 0 unspecified atom stereocenters. The minimum absolute atomic E-state index is 0.00273. The van der Waals surface area contributed by atoms with E-state index in [9.17, 15) is 13.2 Å². The number of carbonyl (C=O) groups is 1.